The molecule has 0 aliphatic carbocycles. The maximum Gasteiger partial charge on any atom is 0.409 e. The van der Waals surface area contributed by atoms with Gasteiger partial charge in [0.05, 0.1) is 7.11 Å². The minimum Gasteiger partial charge on any atom is -0.453 e. The van der Waals surface area contributed by atoms with Crippen molar-refractivity contribution in [1.29, 1.82) is 0 Å². The van der Waals surface area contributed by atoms with E-state index in [4.69, 9.17) is 0 Å². The summed E-state index contributed by atoms with van der Waals surface area (Å²) in [7, 11) is 1.37. The van der Waals surface area contributed by atoms with Gasteiger partial charge in [0.15, 0.2) is 0 Å². The van der Waals surface area contributed by atoms with Crippen LogP contribution >= 0.6 is 0 Å². The fraction of sp³-hybridized carbons (Fsp3) is 0.750. The number of likely N-dealkylation sites (tertiary alicyclic amines) is 1. The number of carbonyl (C=O) groups is 2. The second-order valence-electron chi connectivity index (χ2n) is 3.78. The minimum atomic E-state index is -0.301. The van der Waals surface area contributed by atoms with E-state index in [1.807, 2.05) is 0 Å². The van der Waals surface area contributed by atoms with Crippen LogP contribution in [0.4, 0.5) is 4.79 Å². The van der Waals surface area contributed by atoms with Gasteiger partial charge in [0, 0.05) is 31.5 Å². The van der Waals surface area contributed by atoms with Crippen molar-refractivity contribution >= 4 is 12.0 Å². The Morgan fingerprint density at radius 3 is 2.77 bits per heavy atom. The van der Waals surface area contributed by atoms with Crippen molar-refractivity contribution in [1.82, 2.24) is 10.2 Å². The van der Waals surface area contributed by atoms with Crippen molar-refractivity contribution in [2.75, 3.05) is 26.7 Å². The summed E-state index contributed by atoms with van der Waals surface area (Å²) in [5.74, 6) is 0.0875. The van der Waals surface area contributed by atoms with Crippen LogP contribution in [0.15, 0.2) is 0 Å². The lowest BCUT2D eigenvalue weighted by atomic mass is 9.79. The largest absolute Gasteiger partial charge is 0.453 e. The van der Waals surface area contributed by atoms with E-state index in [9.17, 15) is 9.59 Å². The molecule has 5 nitrogen and oxygen atoms in total. The van der Waals surface area contributed by atoms with Crippen LogP contribution < -0.4 is 5.32 Å². The third-order valence-corrected chi connectivity index (χ3v) is 2.68. The molecule has 0 bridgehead atoms. The summed E-state index contributed by atoms with van der Waals surface area (Å²) >= 11 is 0. The first-order valence-corrected chi connectivity index (χ1v) is 4.25. The molecule has 0 radical (unpaired) electrons. The molecule has 1 N–H and O–H groups in total. The van der Waals surface area contributed by atoms with Crippen LogP contribution in [0, 0.1) is 5.41 Å². The van der Waals surface area contributed by atoms with Crippen LogP contribution in [0.2, 0.25) is 0 Å². The highest BCUT2D eigenvalue weighted by molar-refractivity contribution is 5.80. The van der Waals surface area contributed by atoms with E-state index in [1.54, 1.807) is 4.90 Å². The van der Waals surface area contributed by atoms with Gasteiger partial charge < -0.3 is 15.0 Å². The summed E-state index contributed by atoms with van der Waals surface area (Å²) in [5, 5.41) is 2.77. The van der Waals surface area contributed by atoms with Gasteiger partial charge in [-0.05, 0) is 0 Å². The average molecular weight is 184 g/mol. The van der Waals surface area contributed by atoms with Gasteiger partial charge in [-0.2, -0.15) is 0 Å². The van der Waals surface area contributed by atoms with E-state index < -0.39 is 0 Å². The Morgan fingerprint density at radius 2 is 2.31 bits per heavy atom. The molecule has 2 aliphatic rings. The summed E-state index contributed by atoms with van der Waals surface area (Å²) in [5.41, 5.74) is 0.00523. The molecular formula is C8H12N2O3. The number of nitrogens with zero attached hydrogens (tertiary/aromatic N) is 1. The molecule has 72 valence electrons. The zero-order chi connectivity index (χ0) is 9.47. The smallest absolute Gasteiger partial charge is 0.409 e. The molecule has 2 amide bonds. The topological polar surface area (TPSA) is 58.6 Å². The molecule has 0 saturated carbocycles. The summed E-state index contributed by atoms with van der Waals surface area (Å²) in [6.45, 7) is 1.97. The van der Waals surface area contributed by atoms with Crippen LogP contribution in [-0.2, 0) is 9.53 Å². The first-order valence-electron chi connectivity index (χ1n) is 4.25. The van der Waals surface area contributed by atoms with Crippen LogP contribution in [0.3, 0.4) is 0 Å². The number of hydrogen-bond donors (Lipinski definition) is 1. The number of amides is 2. The Balaban J connectivity index is 1.90. The van der Waals surface area contributed by atoms with Gasteiger partial charge in [0.25, 0.3) is 0 Å². The maximum absolute atomic E-state index is 11.0. The quantitative estimate of drug-likeness (QED) is 0.556. The predicted molar refractivity (Wildman–Crippen MR) is 44.0 cm³/mol. The Morgan fingerprint density at radius 1 is 1.62 bits per heavy atom. The van der Waals surface area contributed by atoms with Crippen molar-refractivity contribution in [3.05, 3.63) is 0 Å². The molecular weight excluding hydrogens is 172 g/mol. The molecule has 2 aliphatic heterocycles. The normalized spacial score (nSPS) is 24.1. The van der Waals surface area contributed by atoms with E-state index in [-0.39, 0.29) is 17.4 Å². The SMILES string of the molecule is COC(=O)N1CC2(CNC(=O)C2)C1. The molecule has 13 heavy (non-hydrogen) atoms. The lowest BCUT2D eigenvalue weighted by Gasteiger charge is -2.45. The molecule has 0 unspecified atom stereocenters. The lowest BCUT2D eigenvalue weighted by Crippen LogP contribution is -2.59. The number of methoxy groups -OCH3 is 1. The van der Waals surface area contributed by atoms with Crippen LogP contribution in [0.25, 0.3) is 0 Å². The highest BCUT2D eigenvalue weighted by atomic mass is 16.5. The summed E-state index contributed by atoms with van der Waals surface area (Å²) in [4.78, 5) is 23.6. The Hall–Kier alpha value is -1.26. The van der Waals surface area contributed by atoms with Crippen molar-refractivity contribution in [3.63, 3.8) is 0 Å². The average Bonchev–Trinajstić information content (AvgIpc) is 2.43. The minimum absolute atomic E-state index is 0.00523. The van der Waals surface area contributed by atoms with Gasteiger partial charge in [-0.25, -0.2) is 4.79 Å². The maximum atomic E-state index is 11.0. The molecule has 2 saturated heterocycles. The van der Waals surface area contributed by atoms with E-state index >= 15 is 0 Å². The number of carbonyl (C=O) groups excluding carboxylic acids is 2. The monoisotopic (exact) mass is 184 g/mol. The Bertz CT molecular complexity index is 258. The molecule has 1 spiro atoms. The highest BCUT2D eigenvalue weighted by Gasteiger charge is 2.50. The molecule has 0 atom stereocenters. The van der Waals surface area contributed by atoms with Crippen molar-refractivity contribution in [3.8, 4) is 0 Å². The van der Waals surface area contributed by atoms with E-state index in [0.29, 0.717) is 26.1 Å². The van der Waals surface area contributed by atoms with Gasteiger partial charge in [-0.3, -0.25) is 4.79 Å². The standard InChI is InChI=1S/C8H12N2O3/c1-13-7(12)10-4-8(5-10)2-6(11)9-3-8/h2-5H2,1H3,(H,9,11). The molecule has 2 rings (SSSR count). The first-order chi connectivity index (χ1) is 6.15. The van der Waals surface area contributed by atoms with Gasteiger partial charge in [-0.1, -0.05) is 0 Å². The molecule has 0 aromatic carbocycles. The number of nitrogens with one attached hydrogen (secondary N) is 1. The predicted octanol–water partition coefficient (Wildman–Crippen LogP) is -0.425. The van der Waals surface area contributed by atoms with E-state index in [1.165, 1.54) is 7.11 Å². The zero-order valence-electron chi connectivity index (χ0n) is 7.50. The van der Waals surface area contributed by atoms with Crippen LogP contribution in [-0.4, -0.2) is 43.6 Å². The number of ether oxygens (including phenoxy) is 1. The fourth-order valence-electron chi connectivity index (χ4n) is 2.00. The van der Waals surface area contributed by atoms with Crippen molar-refractivity contribution in [2.24, 2.45) is 5.41 Å². The van der Waals surface area contributed by atoms with E-state index in [0.717, 1.165) is 0 Å². The lowest BCUT2D eigenvalue weighted by molar-refractivity contribution is -0.120. The van der Waals surface area contributed by atoms with Gasteiger partial charge in [0.2, 0.25) is 5.91 Å². The third-order valence-electron chi connectivity index (χ3n) is 2.68. The van der Waals surface area contributed by atoms with Gasteiger partial charge in [-0.15, -0.1) is 0 Å². The molecule has 0 aromatic rings. The third kappa shape index (κ3) is 1.24. The molecule has 0 aromatic heterocycles. The second-order valence-corrected chi connectivity index (χ2v) is 3.78. The zero-order valence-corrected chi connectivity index (χ0v) is 7.50. The van der Waals surface area contributed by atoms with Gasteiger partial charge >= 0.3 is 6.09 Å². The fourth-order valence-corrected chi connectivity index (χ4v) is 2.00. The Labute approximate surface area is 76.0 Å². The van der Waals surface area contributed by atoms with Crippen molar-refractivity contribution in [2.45, 2.75) is 6.42 Å². The summed E-state index contributed by atoms with van der Waals surface area (Å²) in [6.07, 6.45) is 0.241. The number of rotatable bonds is 0. The van der Waals surface area contributed by atoms with Crippen molar-refractivity contribution < 1.29 is 14.3 Å². The second kappa shape index (κ2) is 2.61. The van der Waals surface area contributed by atoms with Crippen LogP contribution in [0.5, 0.6) is 0 Å². The molecule has 5 heteroatoms. The van der Waals surface area contributed by atoms with Crippen LogP contribution in [0.1, 0.15) is 6.42 Å². The number of hydrogen-bond acceptors (Lipinski definition) is 3. The molecule has 2 fully saturated rings. The Kier molecular flexibility index (Phi) is 1.68. The summed E-state index contributed by atoms with van der Waals surface area (Å²) < 4.78 is 4.57. The van der Waals surface area contributed by atoms with E-state index in [2.05, 4.69) is 10.1 Å². The summed E-state index contributed by atoms with van der Waals surface area (Å²) in [6, 6.07) is 0. The van der Waals surface area contributed by atoms with Gasteiger partial charge in [0.1, 0.15) is 0 Å². The molecule has 2 heterocycles. The highest BCUT2D eigenvalue weighted by Crippen LogP contribution is 2.36. The first kappa shape index (κ1) is 8.34.